The predicted molar refractivity (Wildman–Crippen MR) is 218 cm³/mol. The van der Waals surface area contributed by atoms with E-state index in [-0.39, 0.29) is 69.4 Å². The third-order valence-electron chi connectivity index (χ3n) is 19.2. The Kier molecular flexibility index (Phi) is 10.2. The van der Waals surface area contributed by atoms with E-state index < -0.39 is 10.8 Å². The van der Waals surface area contributed by atoms with E-state index in [1.54, 1.807) is 13.8 Å². The van der Waals surface area contributed by atoms with Crippen LogP contribution in [0.3, 0.4) is 0 Å². The quantitative estimate of drug-likeness (QED) is 0.151. The second-order valence-electron chi connectivity index (χ2n) is 23.0. The van der Waals surface area contributed by atoms with Crippen LogP contribution in [-0.2, 0) is 23.9 Å². The Labute approximate surface area is 333 Å². The molecule has 0 aromatic carbocycles. The molecule has 0 spiro atoms. The molecule has 7 nitrogen and oxygen atoms in total. The number of nitrogens with zero attached hydrogens (tertiary/aromatic N) is 1. The van der Waals surface area contributed by atoms with Crippen LogP contribution in [0.1, 0.15) is 166 Å². The van der Waals surface area contributed by atoms with Crippen LogP contribution in [0.2, 0.25) is 0 Å². The van der Waals surface area contributed by atoms with Gasteiger partial charge in [0.15, 0.2) is 0 Å². The van der Waals surface area contributed by atoms with Gasteiger partial charge in [-0.2, -0.15) is 0 Å². The van der Waals surface area contributed by atoms with Gasteiger partial charge >= 0.3 is 5.97 Å². The van der Waals surface area contributed by atoms with Crippen LogP contribution < -0.4 is 5.32 Å². The van der Waals surface area contributed by atoms with E-state index in [4.69, 9.17) is 4.74 Å². The number of likely N-dealkylation sites (tertiary alicyclic amines) is 1. The first-order chi connectivity index (χ1) is 25.6. The van der Waals surface area contributed by atoms with Crippen LogP contribution in [0.5, 0.6) is 0 Å². The van der Waals surface area contributed by atoms with Gasteiger partial charge in [-0.25, -0.2) is 0 Å². The van der Waals surface area contributed by atoms with E-state index in [1.165, 1.54) is 24.8 Å². The van der Waals surface area contributed by atoms with Gasteiger partial charge in [0, 0.05) is 35.9 Å². The number of amides is 2. The van der Waals surface area contributed by atoms with E-state index in [0.29, 0.717) is 29.6 Å². The molecule has 1 N–H and O–H groups in total. The van der Waals surface area contributed by atoms with Gasteiger partial charge in [-0.05, 0) is 148 Å². The smallest absolute Gasteiger partial charge is 0.307 e. The van der Waals surface area contributed by atoms with Gasteiger partial charge in [0.05, 0.1) is 11.8 Å². The van der Waals surface area contributed by atoms with Gasteiger partial charge in [-0.15, -0.1) is 0 Å². The van der Waals surface area contributed by atoms with Gasteiger partial charge in [0.25, 0.3) is 0 Å². The van der Waals surface area contributed by atoms with Crippen molar-refractivity contribution in [1.82, 2.24) is 10.2 Å². The average Bonchev–Trinajstić information content (AvgIpc) is 3.54. The maximum atomic E-state index is 15.1. The molecule has 6 saturated carbocycles. The van der Waals surface area contributed by atoms with Crippen molar-refractivity contribution in [1.29, 1.82) is 0 Å². The minimum absolute atomic E-state index is 0.0165. The van der Waals surface area contributed by atoms with E-state index in [2.05, 4.69) is 72.2 Å². The molecule has 0 bridgehead atoms. The first-order valence-corrected chi connectivity index (χ1v) is 22.5. The number of ether oxygens (including phenoxy) is 1. The number of carbonyl (C=O) groups is 4. The lowest BCUT2D eigenvalue weighted by Crippen LogP contribution is -2.69. The summed E-state index contributed by atoms with van der Waals surface area (Å²) in [5, 5.41) is 3.66. The molecule has 3 unspecified atom stereocenters. The van der Waals surface area contributed by atoms with E-state index in [0.717, 1.165) is 90.0 Å². The van der Waals surface area contributed by atoms with Crippen LogP contribution in [-0.4, -0.2) is 54.2 Å². The molecule has 7 heteroatoms. The number of hydrogen-bond donors (Lipinski definition) is 1. The Morgan fingerprint density at radius 3 is 2.15 bits per heavy atom. The highest BCUT2D eigenvalue weighted by Crippen LogP contribution is 2.78. The van der Waals surface area contributed by atoms with Crippen molar-refractivity contribution in [2.75, 3.05) is 13.1 Å². The zero-order chi connectivity index (χ0) is 40.1. The molecule has 12 atom stereocenters. The fourth-order valence-corrected chi connectivity index (χ4v) is 15.5. The van der Waals surface area contributed by atoms with Crippen LogP contribution in [0.4, 0.5) is 0 Å². The Hall–Kier alpha value is -2.18. The molecule has 0 aromatic heterocycles. The summed E-state index contributed by atoms with van der Waals surface area (Å²) >= 11 is 0. The van der Waals surface area contributed by atoms with Gasteiger partial charge in [-0.1, -0.05) is 74.5 Å². The third kappa shape index (κ3) is 6.13. The van der Waals surface area contributed by atoms with Gasteiger partial charge in [0.1, 0.15) is 12.4 Å². The molecule has 0 aromatic rings. The molecule has 55 heavy (non-hydrogen) atoms. The van der Waals surface area contributed by atoms with Gasteiger partial charge in [-0.3, -0.25) is 14.4 Å². The van der Waals surface area contributed by atoms with Gasteiger partial charge < -0.3 is 19.7 Å². The lowest BCUT2D eigenvalue weighted by atomic mass is 9.33. The second kappa shape index (κ2) is 13.7. The van der Waals surface area contributed by atoms with Gasteiger partial charge in [0.2, 0.25) is 11.8 Å². The lowest BCUT2D eigenvalue weighted by molar-refractivity contribution is -0.240. The number of aldehydes is 1. The molecule has 7 rings (SSSR count). The molecule has 1 saturated heterocycles. The van der Waals surface area contributed by atoms with Crippen molar-refractivity contribution in [2.24, 2.45) is 73.4 Å². The number of nitrogens with one attached hydrogen (secondary N) is 1. The van der Waals surface area contributed by atoms with Crippen molar-refractivity contribution < 1.29 is 23.9 Å². The molecular formula is C48H76N2O5. The standard InChI is InChI=1S/C48H76N2O5/c1-30(2)31-17-22-48(41(54)49-36-27-34(43(36,5)6)40(53)50-25-13-12-14-26-50)24-23-46(10)33-15-16-35-44(7,8)37(55-38(52)28-42(3,4)29-51)19-20-45(35,9)32(33)18-21-47(46,11)39(31)48/h29,31-37,39H,1,12-28H2,2-11H3,(H,49,54)/t31-,32-,33?,34+,35-,36?,37-,39?,45+,46-,47+,48-/m0/s1. The van der Waals surface area contributed by atoms with Crippen LogP contribution in [0.25, 0.3) is 0 Å². The molecular weight excluding hydrogens is 685 g/mol. The molecule has 0 radical (unpaired) electrons. The fourth-order valence-electron chi connectivity index (χ4n) is 15.5. The van der Waals surface area contributed by atoms with Crippen LogP contribution in [0.15, 0.2) is 12.2 Å². The van der Waals surface area contributed by atoms with Crippen molar-refractivity contribution in [3.05, 3.63) is 12.2 Å². The normalized spacial score (nSPS) is 44.4. The minimum Gasteiger partial charge on any atom is -0.462 e. The molecule has 1 aliphatic heterocycles. The summed E-state index contributed by atoms with van der Waals surface area (Å²) < 4.78 is 6.25. The summed E-state index contributed by atoms with van der Waals surface area (Å²) in [6.45, 7) is 29.0. The molecule has 6 aliphatic carbocycles. The Balaban J connectivity index is 1.11. The average molecular weight is 761 g/mol. The first kappa shape index (κ1) is 41.0. The largest absolute Gasteiger partial charge is 0.462 e. The fraction of sp³-hybridized carbons (Fsp3) is 0.875. The highest BCUT2D eigenvalue weighted by atomic mass is 16.5. The second-order valence-corrected chi connectivity index (χ2v) is 23.0. The summed E-state index contributed by atoms with van der Waals surface area (Å²) in [5.74, 6) is 2.55. The van der Waals surface area contributed by atoms with E-state index >= 15 is 4.79 Å². The number of piperidine rings is 1. The SMILES string of the molecule is C=C(C)[C@@H]1CC[C@]2(C(=O)NC3C[C@H](C(=O)N4CCCCC4)C3(C)C)CC[C@@]3(C)C4CC[C@H]5C(C)(C)[C@@H](OC(=O)CC(C)(C)C=O)CC[C@]5(C)[C@H]4CC[C@]3(C)C12. The lowest BCUT2D eigenvalue weighted by Gasteiger charge is -2.72. The summed E-state index contributed by atoms with van der Waals surface area (Å²) in [7, 11) is 0. The molecule has 7 aliphatic rings. The highest BCUT2D eigenvalue weighted by Gasteiger charge is 2.73. The van der Waals surface area contributed by atoms with E-state index in [9.17, 15) is 14.4 Å². The number of carbonyl (C=O) groups excluding carboxylic acids is 4. The van der Waals surface area contributed by atoms with Crippen molar-refractivity contribution in [3.8, 4) is 0 Å². The third-order valence-corrected chi connectivity index (χ3v) is 19.2. The Morgan fingerprint density at radius 1 is 0.818 bits per heavy atom. The molecule has 2 amide bonds. The minimum atomic E-state index is -0.711. The first-order valence-electron chi connectivity index (χ1n) is 22.5. The number of fused-ring (bicyclic) bond motifs is 7. The van der Waals surface area contributed by atoms with Crippen molar-refractivity contribution >= 4 is 24.1 Å². The summed E-state index contributed by atoms with van der Waals surface area (Å²) in [5.41, 5.74) is 0.0285. The predicted octanol–water partition coefficient (Wildman–Crippen LogP) is 9.71. The van der Waals surface area contributed by atoms with Crippen LogP contribution >= 0.6 is 0 Å². The number of allylic oxidation sites excluding steroid dienone is 1. The number of rotatable bonds is 8. The Morgan fingerprint density at radius 2 is 1.51 bits per heavy atom. The summed E-state index contributed by atoms with van der Waals surface area (Å²) in [6.07, 6.45) is 15.6. The Bertz CT molecular complexity index is 1570. The molecule has 308 valence electrons. The maximum absolute atomic E-state index is 15.1. The van der Waals surface area contributed by atoms with Crippen molar-refractivity contribution in [3.63, 3.8) is 0 Å². The monoisotopic (exact) mass is 761 g/mol. The zero-order valence-corrected chi connectivity index (χ0v) is 36.4. The topological polar surface area (TPSA) is 92.8 Å². The molecule has 7 fully saturated rings. The maximum Gasteiger partial charge on any atom is 0.307 e. The van der Waals surface area contributed by atoms with E-state index in [1.807, 2.05) is 0 Å². The zero-order valence-electron chi connectivity index (χ0n) is 36.4. The molecule has 1 heterocycles. The number of hydrogen-bond acceptors (Lipinski definition) is 5. The number of esters is 1. The van der Waals surface area contributed by atoms with Crippen LogP contribution in [0, 0.1) is 73.4 Å². The summed E-state index contributed by atoms with van der Waals surface area (Å²) in [6, 6.07) is 0.0268. The summed E-state index contributed by atoms with van der Waals surface area (Å²) in [4.78, 5) is 55.4. The van der Waals surface area contributed by atoms with Crippen molar-refractivity contribution in [2.45, 2.75) is 178 Å². The highest BCUT2D eigenvalue weighted by molar-refractivity contribution is 5.86.